The van der Waals surface area contributed by atoms with E-state index in [9.17, 15) is 9.59 Å². The Morgan fingerprint density at radius 3 is 1.23 bits per heavy atom. The molecule has 0 aromatic carbocycles. The predicted molar refractivity (Wildman–Crippen MR) is 261 cm³/mol. The first-order valence-corrected chi connectivity index (χ1v) is 25.8. The Balaban J connectivity index is 4.24. The van der Waals surface area contributed by atoms with Gasteiger partial charge in [0.1, 0.15) is 6.61 Å². The maximum Gasteiger partial charge on any atom is 0.306 e. The molecule has 60 heavy (non-hydrogen) atoms. The van der Waals surface area contributed by atoms with Crippen LogP contribution in [0.1, 0.15) is 252 Å². The summed E-state index contributed by atoms with van der Waals surface area (Å²) in [6.07, 6.45) is 63.6. The molecule has 0 N–H and O–H groups in total. The van der Waals surface area contributed by atoms with Crippen molar-refractivity contribution in [2.24, 2.45) is 0 Å². The van der Waals surface area contributed by atoms with Crippen LogP contribution in [0.2, 0.25) is 0 Å². The highest BCUT2D eigenvalue weighted by Crippen LogP contribution is 2.14. The molecule has 0 radical (unpaired) electrons. The monoisotopic (exact) mass is 839 g/mol. The predicted octanol–water partition coefficient (Wildman–Crippen LogP) is 17.3. The summed E-state index contributed by atoms with van der Waals surface area (Å²) in [6.45, 7) is 7.69. The molecule has 0 aromatic rings. The molecule has 5 nitrogen and oxygen atoms in total. The first kappa shape index (κ1) is 57.6. The van der Waals surface area contributed by atoms with Gasteiger partial charge in [0.15, 0.2) is 6.10 Å². The van der Waals surface area contributed by atoms with Crippen LogP contribution < -0.4 is 0 Å². The van der Waals surface area contributed by atoms with Crippen molar-refractivity contribution < 1.29 is 23.8 Å². The Morgan fingerprint density at radius 1 is 0.383 bits per heavy atom. The van der Waals surface area contributed by atoms with E-state index in [0.29, 0.717) is 19.4 Å². The number of rotatable bonds is 47. The summed E-state index contributed by atoms with van der Waals surface area (Å²) in [5.74, 6) is -0.411. The minimum absolute atomic E-state index is 0.0780. The van der Waals surface area contributed by atoms with Crippen molar-refractivity contribution in [1.29, 1.82) is 0 Å². The number of carbonyl (C=O) groups excluding carboxylic acids is 2. The third-order valence-electron chi connectivity index (χ3n) is 11.0. The Kier molecular flexibility index (Phi) is 48.9. The molecule has 0 fully saturated rings. The Labute approximate surface area is 373 Å². The van der Waals surface area contributed by atoms with Crippen LogP contribution in [-0.2, 0) is 23.8 Å². The highest BCUT2D eigenvalue weighted by Gasteiger charge is 2.17. The van der Waals surface area contributed by atoms with Crippen molar-refractivity contribution in [1.82, 2.24) is 0 Å². The number of allylic oxidation sites excluding steroid dienone is 10. The molecule has 0 saturated heterocycles. The van der Waals surface area contributed by atoms with Gasteiger partial charge in [-0.15, -0.1) is 0 Å². The summed E-state index contributed by atoms with van der Waals surface area (Å²) in [6, 6.07) is 0. The second-order valence-electron chi connectivity index (χ2n) is 17.0. The van der Waals surface area contributed by atoms with Crippen molar-refractivity contribution in [3.63, 3.8) is 0 Å². The second kappa shape index (κ2) is 51.0. The molecule has 0 spiro atoms. The third-order valence-corrected chi connectivity index (χ3v) is 11.0. The molecule has 5 heteroatoms. The van der Waals surface area contributed by atoms with Gasteiger partial charge in [-0.05, 0) is 83.5 Å². The van der Waals surface area contributed by atoms with Crippen LogP contribution in [0.4, 0.5) is 0 Å². The molecular formula is C55H98O5. The first-order valence-electron chi connectivity index (χ1n) is 25.8. The van der Waals surface area contributed by atoms with Gasteiger partial charge in [0, 0.05) is 19.4 Å². The van der Waals surface area contributed by atoms with Crippen LogP contribution >= 0.6 is 0 Å². The Morgan fingerprint density at radius 2 is 0.750 bits per heavy atom. The fraction of sp³-hybridized carbons (Fsp3) is 0.782. The van der Waals surface area contributed by atoms with Gasteiger partial charge in [0.2, 0.25) is 0 Å². The zero-order valence-electron chi connectivity index (χ0n) is 40.0. The quantitative estimate of drug-likeness (QED) is 0.0347. The molecule has 1 unspecified atom stereocenters. The Hall–Kier alpha value is -2.40. The number of carbonyl (C=O) groups is 2. The van der Waals surface area contributed by atoms with Crippen molar-refractivity contribution in [2.45, 2.75) is 258 Å². The first-order chi connectivity index (χ1) is 29.6. The number of unbranched alkanes of at least 4 members (excludes halogenated alkanes) is 26. The molecular weight excluding hydrogens is 741 g/mol. The SMILES string of the molecule is CC/C=C\C/C=C\C/C=C\CCCCCCCCCC(=O)OCC(COCCCCCCCCCCCC)OC(=O)CCCCCCCCC/C=C\C/C=C\CCCCC. The van der Waals surface area contributed by atoms with Crippen molar-refractivity contribution in [3.8, 4) is 0 Å². The lowest BCUT2D eigenvalue weighted by molar-refractivity contribution is -0.163. The second-order valence-corrected chi connectivity index (χ2v) is 17.0. The number of ether oxygens (including phenoxy) is 3. The van der Waals surface area contributed by atoms with E-state index in [1.807, 2.05) is 0 Å². The lowest BCUT2D eigenvalue weighted by Gasteiger charge is -2.18. The molecule has 0 rings (SSSR count). The molecule has 1 atom stereocenters. The largest absolute Gasteiger partial charge is 0.462 e. The summed E-state index contributed by atoms with van der Waals surface area (Å²) < 4.78 is 17.4. The van der Waals surface area contributed by atoms with Crippen LogP contribution in [0, 0.1) is 0 Å². The molecule has 0 aromatic heterocycles. The summed E-state index contributed by atoms with van der Waals surface area (Å²) in [7, 11) is 0. The molecule has 0 aliphatic carbocycles. The molecule has 0 heterocycles. The highest BCUT2D eigenvalue weighted by atomic mass is 16.6. The van der Waals surface area contributed by atoms with Gasteiger partial charge in [0.05, 0.1) is 6.61 Å². The lowest BCUT2D eigenvalue weighted by atomic mass is 10.1. The van der Waals surface area contributed by atoms with Crippen molar-refractivity contribution >= 4 is 11.9 Å². The smallest absolute Gasteiger partial charge is 0.306 e. The normalized spacial score (nSPS) is 12.7. The minimum Gasteiger partial charge on any atom is -0.462 e. The van der Waals surface area contributed by atoms with Crippen LogP contribution in [0.25, 0.3) is 0 Å². The van der Waals surface area contributed by atoms with Crippen LogP contribution in [-0.4, -0.2) is 37.9 Å². The van der Waals surface area contributed by atoms with Crippen LogP contribution in [0.15, 0.2) is 60.8 Å². The maximum atomic E-state index is 12.8. The molecule has 0 bridgehead atoms. The third kappa shape index (κ3) is 48.3. The lowest BCUT2D eigenvalue weighted by Crippen LogP contribution is -2.30. The van der Waals surface area contributed by atoms with Crippen molar-refractivity contribution in [2.75, 3.05) is 19.8 Å². The number of hydrogen-bond acceptors (Lipinski definition) is 5. The van der Waals surface area contributed by atoms with Gasteiger partial charge >= 0.3 is 11.9 Å². The Bertz CT molecular complexity index is 1040. The van der Waals surface area contributed by atoms with Gasteiger partial charge in [-0.25, -0.2) is 0 Å². The number of esters is 2. The zero-order valence-corrected chi connectivity index (χ0v) is 40.0. The fourth-order valence-electron chi connectivity index (χ4n) is 7.20. The summed E-state index contributed by atoms with van der Waals surface area (Å²) >= 11 is 0. The molecule has 0 saturated carbocycles. The molecule has 0 aliphatic rings. The van der Waals surface area contributed by atoms with E-state index in [2.05, 4.69) is 81.5 Å². The zero-order chi connectivity index (χ0) is 43.5. The van der Waals surface area contributed by atoms with E-state index in [-0.39, 0.29) is 25.2 Å². The van der Waals surface area contributed by atoms with Gasteiger partial charge < -0.3 is 14.2 Å². The van der Waals surface area contributed by atoms with E-state index < -0.39 is 6.10 Å². The number of hydrogen-bond donors (Lipinski definition) is 0. The van der Waals surface area contributed by atoms with Gasteiger partial charge in [0.25, 0.3) is 0 Å². The van der Waals surface area contributed by atoms with Gasteiger partial charge in [-0.3, -0.25) is 9.59 Å². The van der Waals surface area contributed by atoms with Crippen molar-refractivity contribution in [3.05, 3.63) is 60.8 Å². The molecule has 0 aliphatic heterocycles. The van der Waals surface area contributed by atoms with E-state index in [4.69, 9.17) is 14.2 Å². The average molecular weight is 839 g/mol. The average Bonchev–Trinajstić information content (AvgIpc) is 3.25. The van der Waals surface area contributed by atoms with Crippen LogP contribution in [0.3, 0.4) is 0 Å². The minimum atomic E-state index is -0.542. The molecule has 348 valence electrons. The summed E-state index contributed by atoms with van der Waals surface area (Å²) in [5, 5.41) is 0. The van der Waals surface area contributed by atoms with Gasteiger partial charge in [-0.1, -0.05) is 216 Å². The summed E-state index contributed by atoms with van der Waals surface area (Å²) in [5.41, 5.74) is 0. The standard InChI is InChI=1S/C55H98O5/c1-4-7-10-13-16-19-22-24-26-28-30-32-34-36-39-42-45-48-54(56)59-52-53(51-58-50-47-44-41-38-21-18-15-12-9-6-3)60-55(57)49-46-43-40-37-35-33-31-29-27-25-23-20-17-14-11-8-5-2/h7,10,16-17,19-20,24-27,53H,4-6,8-9,11-15,18,21-23,28-52H2,1-3H3/b10-7-,19-16-,20-17-,26-24-,27-25-. The van der Waals surface area contributed by atoms with E-state index in [1.165, 1.54) is 135 Å². The van der Waals surface area contributed by atoms with Gasteiger partial charge in [-0.2, -0.15) is 0 Å². The maximum absolute atomic E-state index is 12.8. The fourth-order valence-corrected chi connectivity index (χ4v) is 7.20. The topological polar surface area (TPSA) is 61.8 Å². The summed E-state index contributed by atoms with van der Waals surface area (Å²) in [4.78, 5) is 25.4. The van der Waals surface area contributed by atoms with E-state index >= 15 is 0 Å². The van der Waals surface area contributed by atoms with Crippen LogP contribution in [0.5, 0.6) is 0 Å². The highest BCUT2D eigenvalue weighted by molar-refractivity contribution is 5.70. The van der Waals surface area contributed by atoms with E-state index in [0.717, 1.165) is 83.5 Å². The van der Waals surface area contributed by atoms with E-state index in [1.54, 1.807) is 0 Å². The molecule has 0 amide bonds.